The SMILES string of the molecule is CCS(=O)(=O)C[C@H](C)N(C)c1ncnc2c1oc1ccccc12. The third-order valence-electron chi connectivity index (χ3n) is 4.07. The Morgan fingerprint density at radius 2 is 2.00 bits per heavy atom. The highest BCUT2D eigenvalue weighted by molar-refractivity contribution is 7.91. The number of anilines is 1. The van der Waals surface area contributed by atoms with Crippen molar-refractivity contribution in [1.29, 1.82) is 0 Å². The largest absolute Gasteiger partial charge is 0.450 e. The van der Waals surface area contributed by atoms with Crippen LogP contribution < -0.4 is 4.90 Å². The third-order valence-corrected chi connectivity index (χ3v) is 5.94. The molecule has 3 rings (SSSR count). The summed E-state index contributed by atoms with van der Waals surface area (Å²) >= 11 is 0. The lowest BCUT2D eigenvalue weighted by molar-refractivity contribution is 0.587. The second-order valence-corrected chi connectivity index (χ2v) is 8.03. The molecular formula is C16H19N3O3S. The van der Waals surface area contributed by atoms with Crippen LogP contribution in [0.4, 0.5) is 5.82 Å². The van der Waals surface area contributed by atoms with Gasteiger partial charge in [0.15, 0.2) is 21.2 Å². The van der Waals surface area contributed by atoms with Crippen molar-refractivity contribution in [3.8, 4) is 0 Å². The summed E-state index contributed by atoms with van der Waals surface area (Å²) in [5, 5.41) is 0.924. The lowest BCUT2D eigenvalue weighted by atomic mass is 10.2. The lowest BCUT2D eigenvalue weighted by Gasteiger charge is -2.25. The summed E-state index contributed by atoms with van der Waals surface area (Å²) in [6, 6.07) is 7.44. The highest BCUT2D eigenvalue weighted by Gasteiger charge is 2.22. The van der Waals surface area contributed by atoms with E-state index in [2.05, 4.69) is 9.97 Å². The summed E-state index contributed by atoms with van der Waals surface area (Å²) in [7, 11) is -1.24. The van der Waals surface area contributed by atoms with E-state index in [1.807, 2.05) is 43.1 Å². The fourth-order valence-corrected chi connectivity index (χ4v) is 3.76. The van der Waals surface area contributed by atoms with Crippen LogP contribution in [-0.2, 0) is 9.84 Å². The first-order chi connectivity index (χ1) is 10.9. The molecule has 0 amide bonds. The molecule has 2 aromatic heterocycles. The van der Waals surface area contributed by atoms with Crippen molar-refractivity contribution in [2.45, 2.75) is 19.9 Å². The van der Waals surface area contributed by atoms with Crippen molar-refractivity contribution >= 4 is 37.7 Å². The van der Waals surface area contributed by atoms with Gasteiger partial charge in [0.1, 0.15) is 17.4 Å². The van der Waals surface area contributed by atoms with Crippen LogP contribution in [0, 0.1) is 0 Å². The van der Waals surface area contributed by atoms with E-state index in [1.54, 1.807) is 6.92 Å². The van der Waals surface area contributed by atoms with E-state index in [0.717, 1.165) is 16.5 Å². The monoisotopic (exact) mass is 333 g/mol. The van der Waals surface area contributed by atoms with E-state index in [-0.39, 0.29) is 17.5 Å². The normalized spacial score (nSPS) is 13.5. The second-order valence-electron chi connectivity index (χ2n) is 5.63. The van der Waals surface area contributed by atoms with Crippen LogP contribution in [0.15, 0.2) is 35.0 Å². The topological polar surface area (TPSA) is 76.3 Å². The van der Waals surface area contributed by atoms with Crippen molar-refractivity contribution in [2.75, 3.05) is 23.5 Å². The van der Waals surface area contributed by atoms with Crippen LogP contribution in [0.25, 0.3) is 22.1 Å². The Kier molecular flexibility index (Phi) is 3.97. The number of nitrogens with zero attached hydrogens (tertiary/aromatic N) is 3. The van der Waals surface area contributed by atoms with Gasteiger partial charge in [-0.1, -0.05) is 19.1 Å². The summed E-state index contributed by atoms with van der Waals surface area (Å²) < 4.78 is 29.6. The Morgan fingerprint density at radius 1 is 1.26 bits per heavy atom. The number of furan rings is 1. The molecule has 0 saturated carbocycles. The molecule has 7 heteroatoms. The van der Waals surface area contributed by atoms with Gasteiger partial charge in [0.2, 0.25) is 0 Å². The van der Waals surface area contributed by atoms with E-state index < -0.39 is 9.84 Å². The van der Waals surface area contributed by atoms with Gasteiger partial charge in [-0.3, -0.25) is 0 Å². The summed E-state index contributed by atoms with van der Waals surface area (Å²) in [4.78, 5) is 10.5. The molecule has 0 saturated heterocycles. The number of rotatable bonds is 5. The second kappa shape index (κ2) is 5.81. The smallest absolute Gasteiger partial charge is 0.196 e. The number of benzene rings is 1. The molecule has 3 aromatic rings. The quantitative estimate of drug-likeness (QED) is 0.714. The van der Waals surface area contributed by atoms with E-state index >= 15 is 0 Å². The standard InChI is InChI=1S/C16H19N3O3S/c1-4-23(20,21)9-11(2)19(3)16-15-14(17-10-18-16)12-7-5-6-8-13(12)22-15/h5-8,10-11H,4,9H2,1-3H3/t11-/m0/s1. The molecule has 0 N–H and O–H groups in total. The lowest BCUT2D eigenvalue weighted by Crippen LogP contribution is -2.36. The number of aromatic nitrogens is 2. The molecule has 0 unspecified atom stereocenters. The minimum absolute atomic E-state index is 0.0751. The van der Waals surface area contributed by atoms with Gasteiger partial charge in [0.05, 0.1) is 5.75 Å². The molecule has 0 aliphatic carbocycles. The minimum Gasteiger partial charge on any atom is -0.450 e. The van der Waals surface area contributed by atoms with Crippen LogP contribution >= 0.6 is 0 Å². The number of fused-ring (bicyclic) bond motifs is 3. The summed E-state index contributed by atoms with van der Waals surface area (Å²) in [6.07, 6.45) is 1.48. The summed E-state index contributed by atoms with van der Waals surface area (Å²) in [5.74, 6) is 0.811. The van der Waals surface area contributed by atoms with Crippen molar-refractivity contribution in [3.63, 3.8) is 0 Å². The van der Waals surface area contributed by atoms with Gasteiger partial charge in [-0.15, -0.1) is 0 Å². The van der Waals surface area contributed by atoms with Crippen LogP contribution in [0.5, 0.6) is 0 Å². The zero-order chi connectivity index (χ0) is 16.6. The Labute approximate surface area is 135 Å². The molecule has 122 valence electrons. The molecule has 0 fully saturated rings. The van der Waals surface area contributed by atoms with Crippen molar-refractivity contribution in [1.82, 2.24) is 9.97 Å². The van der Waals surface area contributed by atoms with Crippen LogP contribution in [-0.4, -0.2) is 43.0 Å². The Balaban J connectivity index is 2.05. The van der Waals surface area contributed by atoms with Crippen LogP contribution in [0.1, 0.15) is 13.8 Å². The van der Waals surface area contributed by atoms with Gasteiger partial charge in [0, 0.05) is 24.2 Å². The van der Waals surface area contributed by atoms with E-state index in [0.29, 0.717) is 11.4 Å². The van der Waals surface area contributed by atoms with E-state index in [4.69, 9.17) is 4.42 Å². The molecule has 1 atom stereocenters. The first-order valence-corrected chi connectivity index (χ1v) is 9.30. The van der Waals surface area contributed by atoms with Gasteiger partial charge >= 0.3 is 0 Å². The van der Waals surface area contributed by atoms with Crippen LogP contribution in [0.2, 0.25) is 0 Å². The molecule has 0 aliphatic rings. The highest BCUT2D eigenvalue weighted by Crippen LogP contribution is 2.32. The molecule has 23 heavy (non-hydrogen) atoms. The van der Waals surface area contributed by atoms with Gasteiger partial charge in [-0.25, -0.2) is 18.4 Å². The average molecular weight is 333 g/mol. The minimum atomic E-state index is -3.07. The Bertz CT molecular complexity index is 950. The average Bonchev–Trinajstić information content (AvgIpc) is 2.92. The van der Waals surface area contributed by atoms with Gasteiger partial charge < -0.3 is 9.32 Å². The maximum absolute atomic E-state index is 11.9. The first-order valence-electron chi connectivity index (χ1n) is 7.48. The Hall–Kier alpha value is -2.15. The van der Waals surface area contributed by atoms with Gasteiger partial charge in [-0.05, 0) is 19.1 Å². The maximum Gasteiger partial charge on any atom is 0.196 e. The van der Waals surface area contributed by atoms with Crippen molar-refractivity contribution in [2.24, 2.45) is 0 Å². The summed E-state index contributed by atoms with van der Waals surface area (Å²) in [5.41, 5.74) is 2.06. The Morgan fingerprint density at radius 3 is 2.74 bits per heavy atom. The van der Waals surface area contributed by atoms with Gasteiger partial charge in [-0.2, -0.15) is 0 Å². The molecule has 0 aliphatic heterocycles. The zero-order valence-electron chi connectivity index (χ0n) is 13.4. The number of sulfone groups is 1. The number of para-hydroxylation sites is 1. The fourth-order valence-electron chi connectivity index (χ4n) is 2.57. The van der Waals surface area contributed by atoms with Crippen molar-refractivity contribution in [3.05, 3.63) is 30.6 Å². The summed E-state index contributed by atoms with van der Waals surface area (Å²) in [6.45, 7) is 3.52. The molecule has 1 aromatic carbocycles. The molecule has 0 spiro atoms. The fraction of sp³-hybridized carbons (Fsp3) is 0.375. The predicted molar refractivity (Wildman–Crippen MR) is 91.5 cm³/mol. The zero-order valence-corrected chi connectivity index (χ0v) is 14.2. The highest BCUT2D eigenvalue weighted by atomic mass is 32.2. The van der Waals surface area contributed by atoms with Crippen molar-refractivity contribution < 1.29 is 12.8 Å². The van der Waals surface area contributed by atoms with E-state index in [9.17, 15) is 8.42 Å². The molecule has 6 nitrogen and oxygen atoms in total. The molecule has 2 heterocycles. The molecule has 0 bridgehead atoms. The number of hydrogen-bond acceptors (Lipinski definition) is 6. The van der Waals surface area contributed by atoms with Gasteiger partial charge in [0.25, 0.3) is 0 Å². The third kappa shape index (κ3) is 2.88. The molecule has 0 radical (unpaired) electrons. The number of hydrogen-bond donors (Lipinski definition) is 0. The predicted octanol–water partition coefficient (Wildman–Crippen LogP) is 2.64. The maximum atomic E-state index is 11.9. The first kappa shape index (κ1) is 15.7. The van der Waals surface area contributed by atoms with E-state index in [1.165, 1.54) is 6.33 Å². The van der Waals surface area contributed by atoms with Crippen LogP contribution in [0.3, 0.4) is 0 Å². The molecular weight excluding hydrogens is 314 g/mol.